The van der Waals surface area contributed by atoms with E-state index in [-0.39, 0.29) is 17.5 Å². The molecule has 1 amide bonds. The fourth-order valence-electron chi connectivity index (χ4n) is 2.84. The number of amides is 1. The number of aromatic carboxylic acids is 1. The summed E-state index contributed by atoms with van der Waals surface area (Å²) in [6, 6.07) is 5.27. The number of nitrogens with zero attached hydrogens (tertiary/aromatic N) is 1. The number of nitrogens with one attached hydrogen (secondary N) is 1. The highest BCUT2D eigenvalue weighted by atomic mass is 32.2. The molecule has 6 heteroatoms. The van der Waals surface area contributed by atoms with Gasteiger partial charge in [-0.3, -0.25) is 4.79 Å². The van der Waals surface area contributed by atoms with Crippen LogP contribution in [0.15, 0.2) is 18.2 Å². The SMILES string of the molecule is O=C(O)c1ccc2c(c1)N(C(=O)CC1CSCCN1)CC2. The van der Waals surface area contributed by atoms with Gasteiger partial charge in [0.1, 0.15) is 0 Å². The third kappa shape index (κ3) is 3.06. The van der Waals surface area contributed by atoms with E-state index in [0.29, 0.717) is 13.0 Å². The molecule has 3 rings (SSSR count). The van der Waals surface area contributed by atoms with Crippen LogP contribution in [0, 0.1) is 0 Å². The highest BCUT2D eigenvalue weighted by molar-refractivity contribution is 7.99. The normalized spacial score (nSPS) is 21.1. The number of hydrogen-bond donors (Lipinski definition) is 2. The molecule has 2 aliphatic heterocycles. The Morgan fingerprint density at radius 3 is 3.00 bits per heavy atom. The number of anilines is 1. The lowest BCUT2D eigenvalue weighted by Crippen LogP contribution is -2.42. The molecule has 0 bridgehead atoms. The smallest absolute Gasteiger partial charge is 0.335 e. The van der Waals surface area contributed by atoms with Crippen LogP contribution in [0.2, 0.25) is 0 Å². The zero-order valence-corrected chi connectivity index (χ0v) is 12.5. The highest BCUT2D eigenvalue weighted by Gasteiger charge is 2.27. The molecule has 0 aromatic heterocycles. The number of benzene rings is 1. The molecule has 0 saturated carbocycles. The molecular formula is C15H18N2O3S. The van der Waals surface area contributed by atoms with Crippen molar-refractivity contribution in [3.8, 4) is 0 Å². The summed E-state index contributed by atoms with van der Waals surface area (Å²) >= 11 is 1.87. The number of thioether (sulfide) groups is 1. The number of fused-ring (bicyclic) bond motifs is 1. The van der Waals surface area contributed by atoms with E-state index in [1.54, 1.807) is 17.0 Å². The van der Waals surface area contributed by atoms with Crippen molar-refractivity contribution >= 4 is 29.3 Å². The van der Waals surface area contributed by atoms with Gasteiger partial charge in [-0.25, -0.2) is 4.79 Å². The Hall–Kier alpha value is -1.53. The van der Waals surface area contributed by atoms with E-state index in [9.17, 15) is 9.59 Å². The largest absolute Gasteiger partial charge is 0.478 e. The van der Waals surface area contributed by atoms with E-state index < -0.39 is 5.97 Å². The minimum atomic E-state index is -0.956. The first-order valence-corrected chi connectivity index (χ1v) is 8.28. The molecule has 112 valence electrons. The van der Waals surface area contributed by atoms with Crippen molar-refractivity contribution in [1.82, 2.24) is 5.32 Å². The van der Waals surface area contributed by atoms with Gasteiger partial charge in [-0.05, 0) is 24.1 Å². The van der Waals surface area contributed by atoms with E-state index in [4.69, 9.17) is 5.11 Å². The van der Waals surface area contributed by atoms with E-state index >= 15 is 0 Å². The quantitative estimate of drug-likeness (QED) is 0.882. The molecule has 2 aliphatic rings. The van der Waals surface area contributed by atoms with Crippen molar-refractivity contribution in [1.29, 1.82) is 0 Å². The Bertz CT molecular complexity index is 570. The number of carbonyl (C=O) groups is 2. The van der Waals surface area contributed by atoms with Crippen LogP contribution in [0.5, 0.6) is 0 Å². The van der Waals surface area contributed by atoms with E-state index in [2.05, 4.69) is 5.32 Å². The second-order valence-electron chi connectivity index (χ2n) is 5.37. The molecule has 1 atom stereocenters. The molecule has 1 aromatic rings. The van der Waals surface area contributed by atoms with Gasteiger partial charge in [-0.2, -0.15) is 11.8 Å². The van der Waals surface area contributed by atoms with Crippen LogP contribution in [0.3, 0.4) is 0 Å². The third-order valence-corrected chi connectivity index (χ3v) is 5.08. The average molecular weight is 306 g/mol. The van der Waals surface area contributed by atoms with Crippen molar-refractivity contribution in [2.75, 3.05) is 29.5 Å². The monoisotopic (exact) mass is 306 g/mol. The molecule has 1 fully saturated rings. The fraction of sp³-hybridized carbons (Fsp3) is 0.467. The predicted octanol–water partition coefficient (Wildman–Crippen LogP) is 1.37. The molecule has 0 radical (unpaired) electrons. The van der Waals surface area contributed by atoms with Crippen LogP contribution < -0.4 is 10.2 Å². The Balaban J connectivity index is 1.74. The highest BCUT2D eigenvalue weighted by Crippen LogP contribution is 2.30. The summed E-state index contributed by atoms with van der Waals surface area (Å²) in [5.74, 6) is 1.18. The lowest BCUT2D eigenvalue weighted by atomic mass is 10.1. The zero-order chi connectivity index (χ0) is 14.8. The van der Waals surface area contributed by atoms with Crippen molar-refractivity contribution in [2.45, 2.75) is 18.9 Å². The van der Waals surface area contributed by atoms with Gasteiger partial charge in [0, 0.05) is 42.7 Å². The molecule has 2 heterocycles. The van der Waals surface area contributed by atoms with Crippen LogP contribution in [-0.2, 0) is 11.2 Å². The minimum absolute atomic E-state index is 0.0799. The minimum Gasteiger partial charge on any atom is -0.478 e. The topological polar surface area (TPSA) is 69.6 Å². The summed E-state index contributed by atoms with van der Waals surface area (Å²) in [4.78, 5) is 25.3. The van der Waals surface area contributed by atoms with Gasteiger partial charge >= 0.3 is 5.97 Å². The second-order valence-corrected chi connectivity index (χ2v) is 6.52. The van der Waals surface area contributed by atoms with Crippen molar-refractivity contribution in [2.24, 2.45) is 0 Å². The van der Waals surface area contributed by atoms with Gasteiger partial charge in [0.2, 0.25) is 5.91 Å². The first-order valence-electron chi connectivity index (χ1n) is 7.13. The molecule has 0 spiro atoms. The number of rotatable bonds is 3. The first-order chi connectivity index (χ1) is 10.1. The summed E-state index contributed by atoms with van der Waals surface area (Å²) < 4.78 is 0. The molecule has 1 aromatic carbocycles. The maximum Gasteiger partial charge on any atom is 0.335 e. The number of carboxylic acid groups (broad SMARTS) is 1. The van der Waals surface area contributed by atoms with Crippen LogP contribution in [0.4, 0.5) is 5.69 Å². The third-order valence-electron chi connectivity index (χ3n) is 3.95. The molecular weight excluding hydrogens is 288 g/mol. The van der Waals surface area contributed by atoms with Crippen molar-refractivity contribution in [3.05, 3.63) is 29.3 Å². The van der Waals surface area contributed by atoms with Gasteiger partial charge in [0.25, 0.3) is 0 Å². The number of carboxylic acids is 1. The molecule has 1 unspecified atom stereocenters. The molecule has 0 aliphatic carbocycles. The summed E-state index contributed by atoms with van der Waals surface area (Å²) in [6.07, 6.45) is 1.28. The molecule has 5 nitrogen and oxygen atoms in total. The van der Waals surface area contributed by atoms with E-state index in [1.165, 1.54) is 0 Å². The lowest BCUT2D eigenvalue weighted by molar-refractivity contribution is -0.118. The summed E-state index contributed by atoms with van der Waals surface area (Å²) in [5, 5.41) is 12.5. The second kappa shape index (κ2) is 6.07. The summed E-state index contributed by atoms with van der Waals surface area (Å²) in [6.45, 7) is 1.60. The van der Waals surface area contributed by atoms with Crippen LogP contribution in [0.1, 0.15) is 22.3 Å². The predicted molar refractivity (Wildman–Crippen MR) is 83.2 cm³/mol. The summed E-state index contributed by atoms with van der Waals surface area (Å²) in [7, 11) is 0. The summed E-state index contributed by atoms with van der Waals surface area (Å²) in [5.41, 5.74) is 2.06. The zero-order valence-electron chi connectivity index (χ0n) is 11.7. The standard InChI is InChI=1S/C15H18N2O3S/c18-14(8-12-9-21-6-4-16-12)17-5-3-10-1-2-11(15(19)20)7-13(10)17/h1-2,7,12,16H,3-6,8-9H2,(H,19,20). The van der Waals surface area contributed by atoms with Gasteiger partial charge in [-0.15, -0.1) is 0 Å². The van der Waals surface area contributed by atoms with E-state index in [0.717, 1.165) is 35.7 Å². The molecule has 2 N–H and O–H groups in total. The van der Waals surface area contributed by atoms with Crippen LogP contribution in [0.25, 0.3) is 0 Å². The Kier molecular flexibility index (Phi) is 4.17. The van der Waals surface area contributed by atoms with Crippen molar-refractivity contribution in [3.63, 3.8) is 0 Å². The number of carbonyl (C=O) groups excluding carboxylic acids is 1. The van der Waals surface area contributed by atoms with Gasteiger partial charge in [0.05, 0.1) is 5.56 Å². The van der Waals surface area contributed by atoms with Crippen LogP contribution in [-0.4, -0.2) is 47.6 Å². The Labute approximate surface area is 127 Å². The van der Waals surface area contributed by atoms with Gasteiger partial charge in [0.15, 0.2) is 0 Å². The van der Waals surface area contributed by atoms with E-state index in [1.807, 2.05) is 17.8 Å². The maximum absolute atomic E-state index is 12.5. The Morgan fingerprint density at radius 2 is 2.29 bits per heavy atom. The first kappa shape index (κ1) is 14.4. The molecule has 1 saturated heterocycles. The lowest BCUT2D eigenvalue weighted by Gasteiger charge is -2.25. The van der Waals surface area contributed by atoms with Gasteiger partial charge in [-0.1, -0.05) is 6.07 Å². The maximum atomic E-state index is 12.5. The number of hydrogen-bond acceptors (Lipinski definition) is 4. The van der Waals surface area contributed by atoms with Crippen molar-refractivity contribution < 1.29 is 14.7 Å². The average Bonchev–Trinajstić information content (AvgIpc) is 2.91. The van der Waals surface area contributed by atoms with Crippen LogP contribution >= 0.6 is 11.8 Å². The Morgan fingerprint density at radius 1 is 1.43 bits per heavy atom. The fourth-order valence-corrected chi connectivity index (χ4v) is 3.79. The van der Waals surface area contributed by atoms with Gasteiger partial charge < -0.3 is 15.3 Å². The molecule has 21 heavy (non-hydrogen) atoms.